The number of benzene rings is 1. The average molecular weight is 289 g/mol. The van der Waals surface area contributed by atoms with Gasteiger partial charge < -0.3 is 10.8 Å². The number of aryl methyl sites for hydroxylation is 1. The predicted octanol–water partition coefficient (Wildman–Crippen LogP) is 4.16. The number of unbranched alkanes of at least 4 members (excludes halogenated alkanes) is 5. The number of aliphatic hydroxyl groups is 1. The third-order valence-electron chi connectivity index (χ3n) is 4.86. The lowest BCUT2D eigenvalue weighted by molar-refractivity contribution is 0.106. The third kappa shape index (κ3) is 4.82. The van der Waals surface area contributed by atoms with E-state index in [1.807, 2.05) is 0 Å². The van der Waals surface area contributed by atoms with Crippen molar-refractivity contribution in [3.63, 3.8) is 0 Å². The fourth-order valence-electron chi connectivity index (χ4n) is 3.40. The highest BCUT2D eigenvalue weighted by atomic mass is 16.3. The quantitative estimate of drug-likeness (QED) is 0.671. The van der Waals surface area contributed by atoms with Gasteiger partial charge in [0.05, 0.1) is 6.61 Å². The summed E-state index contributed by atoms with van der Waals surface area (Å²) >= 11 is 0. The first-order valence-electron chi connectivity index (χ1n) is 8.65. The largest absolute Gasteiger partial charge is 0.394 e. The molecule has 0 heterocycles. The Labute approximate surface area is 129 Å². The summed E-state index contributed by atoms with van der Waals surface area (Å²) in [5, 5.41) is 9.24. The minimum atomic E-state index is -0.319. The van der Waals surface area contributed by atoms with E-state index in [9.17, 15) is 5.11 Å². The van der Waals surface area contributed by atoms with Gasteiger partial charge in [0.25, 0.3) is 0 Å². The van der Waals surface area contributed by atoms with Crippen LogP contribution in [0.25, 0.3) is 0 Å². The summed E-state index contributed by atoms with van der Waals surface area (Å²) in [5.74, 6) is 0.548. The van der Waals surface area contributed by atoms with E-state index in [4.69, 9.17) is 5.73 Å². The van der Waals surface area contributed by atoms with Gasteiger partial charge in [-0.05, 0) is 42.7 Å². The Hall–Kier alpha value is -0.860. The van der Waals surface area contributed by atoms with Crippen molar-refractivity contribution in [2.75, 3.05) is 6.61 Å². The van der Waals surface area contributed by atoms with Gasteiger partial charge in [-0.25, -0.2) is 0 Å². The lowest BCUT2D eigenvalue weighted by Gasteiger charge is -2.44. The van der Waals surface area contributed by atoms with Crippen molar-refractivity contribution in [2.24, 2.45) is 5.73 Å². The van der Waals surface area contributed by atoms with Crippen LogP contribution in [-0.4, -0.2) is 17.3 Å². The van der Waals surface area contributed by atoms with E-state index < -0.39 is 0 Å². The van der Waals surface area contributed by atoms with Crippen LogP contribution in [0.2, 0.25) is 0 Å². The molecule has 2 nitrogen and oxygen atoms in total. The molecule has 0 unspecified atom stereocenters. The molecule has 0 atom stereocenters. The van der Waals surface area contributed by atoms with Crippen LogP contribution in [0.3, 0.4) is 0 Å². The Morgan fingerprint density at radius 3 is 2.57 bits per heavy atom. The normalized spacial score (nSPS) is 24.8. The second-order valence-electron chi connectivity index (χ2n) is 6.89. The third-order valence-corrected chi connectivity index (χ3v) is 4.86. The lowest BCUT2D eigenvalue weighted by Crippen LogP contribution is -2.53. The molecule has 2 rings (SSSR count). The van der Waals surface area contributed by atoms with Gasteiger partial charge in [0.1, 0.15) is 0 Å². The topological polar surface area (TPSA) is 46.2 Å². The molecule has 0 amide bonds. The van der Waals surface area contributed by atoms with Crippen LogP contribution >= 0.6 is 0 Å². The molecule has 21 heavy (non-hydrogen) atoms. The summed E-state index contributed by atoms with van der Waals surface area (Å²) in [6.45, 7) is 2.37. The lowest BCUT2D eigenvalue weighted by atomic mass is 9.66. The first-order valence-corrected chi connectivity index (χ1v) is 8.65. The molecular formula is C19H31NO. The van der Waals surface area contributed by atoms with E-state index in [0.717, 1.165) is 12.8 Å². The molecule has 1 aliphatic rings. The highest BCUT2D eigenvalue weighted by molar-refractivity contribution is 5.30. The Kier molecular flexibility index (Phi) is 6.25. The Morgan fingerprint density at radius 2 is 1.86 bits per heavy atom. The van der Waals surface area contributed by atoms with Gasteiger partial charge in [-0.15, -0.1) is 0 Å². The Balaban J connectivity index is 1.74. The van der Waals surface area contributed by atoms with Crippen molar-refractivity contribution < 1.29 is 5.11 Å². The van der Waals surface area contributed by atoms with Crippen LogP contribution in [0.15, 0.2) is 24.3 Å². The van der Waals surface area contributed by atoms with Crippen molar-refractivity contribution in [1.82, 2.24) is 0 Å². The molecule has 0 aromatic heterocycles. The molecule has 1 aromatic rings. The van der Waals surface area contributed by atoms with E-state index in [2.05, 4.69) is 31.2 Å². The minimum Gasteiger partial charge on any atom is -0.394 e. The molecule has 0 radical (unpaired) electrons. The molecule has 0 saturated heterocycles. The zero-order valence-corrected chi connectivity index (χ0v) is 13.5. The molecule has 3 N–H and O–H groups in total. The van der Waals surface area contributed by atoms with E-state index in [-0.39, 0.29) is 12.1 Å². The molecule has 1 aromatic carbocycles. The van der Waals surface area contributed by atoms with Gasteiger partial charge in [-0.1, -0.05) is 63.3 Å². The zero-order chi connectivity index (χ0) is 15.1. The molecule has 2 heteroatoms. The monoisotopic (exact) mass is 289 g/mol. The van der Waals surface area contributed by atoms with Crippen molar-refractivity contribution in [1.29, 1.82) is 0 Å². The second-order valence-corrected chi connectivity index (χ2v) is 6.89. The predicted molar refractivity (Wildman–Crippen MR) is 89.5 cm³/mol. The summed E-state index contributed by atoms with van der Waals surface area (Å²) in [6, 6.07) is 8.99. The molecule has 0 aliphatic heterocycles. The van der Waals surface area contributed by atoms with Crippen molar-refractivity contribution >= 4 is 0 Å². The van der Waals surface area contributed by atoms with E-state index in [0.29, 0.717) is 5.92 Å². The van der Waals surface area contributed by atoms with Crippen LogP contribution in [0.5, 0.6) is 0 Å². The van der Waals surface area contributed by atoms with E-state index in [1.165, 1.54) is 56.1 Å². The number of hydrogen-bond acceptors (Lipinski definition) is 2. The van der Waals surface area contributed by atoms with Crippen molar-refractivity contribution in [2.45, 2.75) is 76.2 Å². The maximum absolute atomic E-state index is 9.24. The number of rotatable bonds is 9. The molecule has 118 valence electrons. The maximum atomic E-state index is 9.24. The molecule has 1 fully saturated rings. The fourth-order valence-corrected chi connectivity index (χ4v) is 3.40. The van der Waals surface area contributed by atoms with Crippen LogP contribution in [0.1, 0.15) is 75.3 Å². The van der Waals surface area contributed by atoms with Gasteiger partial charge in [0.2, 0.25) is 0 Å². The number of hydrogen-bond donors (Lipinski definition) is 2. The highest BCUT2D eigenvalue weighted by Gasteiger charge is 2.40. The van der Waals surface area contributed by atoms with Gasteiger partial charge >= 0.3 is 0 Å². The minimum absolute atomic E-state index is 0.112. The summed E-state index contributed by atoms with van der Waals surface area (Å²) in [4.78, 5) is 0. The van der Waals surface area contributed by atoms with Crippen molar-refractivity contribution in [3.8, 4) is 0 Å². The van der Waals surface area contributed by atoms with E-state index in [1.54, 1.807) is 0 Å². The Bertz CT molecular complexity index is 423. The SMILES string of the molecule is CCCCCCCCc1cccc(C2CC(N)(CO)C2)c1. The van der Waals surface area contributed by atoms with Crippen LogP contribution in [0.4, 0.5) is 0 Å². The van der Waals surface area contributed by atoms with Gasteiger partial charge in [0.15, 0.2) is 0 Å². The molecule has 1 saturated carbocycles. The average Bonchev–Trinajstić information content (AvgIpc) is 2.48. The van der Waals surface area contributed by atoms with Gasteiger partial charge in [0, 0.05) is 5.54 Å². The number of aliphatic hydroxyl groups excluding tert-OH is 1. The standard InChI is InChI=1S/C19H31NO/c1-2-3-4-5-6-7-9-16-10-8-11-17(12-16)18-13-19(20,14-18)15-21/h8,10-12,18,21H,2-7,9,13-15,20H2,1H3. The first-order chi connectivity index (χ1) is 10.2. The molecule has 0 spiro atoms. The smallest absolute Gasteiger partial charge is 0.0611 e. The van der Waals surface area contributed by atoms with Crippen LogP contribution in [-0.2, 0) is 6.42 Å². The van der Waals surface area contributed by atoms with Crippen molar-refractivity contribution in [3.05, 3.63) is 35.4 Å². The second kappa shape index (κ2) is 7.95. The van der Waals surface area contributed by atoms with Gasteiger partial charge in [-0.3, -0.25) is 0 Å². The summed E-state index contributed by atoms with van der Waals surface area (Å²) in [7, 11) is 0. The summed E-state index contributed by atoms with van der Waals surface area (Å²) in [6.07, 6.45) is 11.2. The van der Waals surface area contributed by atoms with Crippen LogP contribution in [0, 0.1) is 0 Å². The van der Waals surface area contributed by atoms with Gasteiger partial charge in [-0.2, -0.15) is 0 Å². The zero-order valence-electron chi connectivity index (χ0n) is 13.5. The first kappa shape index (κ1) is 16.5. The van der Waals surface area contributed by atoms with E-state index >= 15 is 0 Å². The maximum Gasteiger partial charge on any atom is 0.0611 e. The summed E-state index contributed by atoms with van der Waals surface area (Å²) < 4.78 is 0. The molecular weight excluding hydrogens is 258 g/mol. The Morgan fingerprint density at radius 1 is 1.14 bits per heavy atom. The molecule has 0 bridgehead atoms. The highest BCUT2D eigenvalue weighted by Crippen LogP contribution is 2.42. The van der Waals surface area contributed by atoms with Crippen LogP contribution < -0.4 is 5.73 Å². The fraction of sp³-hybridized carbons (Fsp3) is 0.684. The summed E-state index contributed by atoms with van der Waals surface area (Å²) in [5.41, 5.74) is 8.61. The molecule has 1 aliphatic carbocycles. The number of nitrogens with two attached hydrogens (primary N) is 1.